The van der Waals surface area contributed by atoms with Crippen LogP contribution in [-0.2, 0) is 18.3 Å². The number of aromatic nitrogens is 4. The van der Waals surface area contributed by atoms with Crippen LogP contribution in [0.2, 0.25) is 0 Å². The number of rotatable bonds is 4. The first-order chi connectivity index (χ1) is 13.1. The largest absolute Gasteiger partial charge is 0.379 e. The highest BCUT2D eigenvalue weighted by Gasteiger charge is 2.30. The van der Waals surface area contributed by atoms with Gasteiger partial charge in [0.2, 0.25) is 0 Å². The number of hydrogen-bond donors (Lipinski definition) is 0. The molecule has 0 aliphatic carbocycles. The van der Waals surface area contributed by atoms with E-state index in [1.165, 1.54) is 0 Å². The minimum absolute atomic E-state index is 0.0766. The fraction of sp³-hybridized carbons (Fsp3) is 0.667. The van der Waals surface area contributed by atoms with E-state index in [0.29, 0.717) is 18.0 Å². The third kappa shape index (κ3) is 3.89. The molecule has 0 aromatic carbocycles. The molecule has 0 saturated carbocycles. The Morgan fingerprint density at radius 1 is 1.26 bits per heavy atom. The Morgan fingerprint density at radius 2 is 2.07 bits per heavy atom. The van der Waals surface area contributed by atoms with E-state index in [1.807, 2.05) is 11.9 Å². The first-order valence-electron chi connectivity index (χ1n) is 9.52. The maximum atomic E-state index is 12.7. The number of piperidine rings is 1. The van der Waals surface area contributed by atoms with E-state index in [9.17, 15) is 4.79 Å². The number of carbonyl (C=O) groups is 1. The van der Waals surface area contributed by atoms with Gasteiger partial charge in [0.15, 0.2) is 5.69 Å². The summed E-state index contributed by atoms with van der Waals surface area (Å²) in [5, 5.41) is 12.7. The molecule has 0 radical (unpaired) electrons. The van der Waals surface area contributed by atoms with Crippen LogP contribution in [0.25, 0.3) is 0 Å². The van der Waals surface area contributed by atoms with Crippen molar-refractivity contribution in [2.75, 3.05) is 39.4 Å². The fourth-order valence-corrected chi connectivity index (χ4v) is 3.83. The lowest BCUT2D eigenvalue weighted by Gasteiger charge is -2.31. The number of likely N-dealkylation sites (tertiary alicyclic amines) is 1. The molecule has 0 N–H and O–H groups in total. The van der Waals surface area contributed by atoms with Gasteiger partial charge in [0.25, 0.3) is 5.91 Å². The molecule has 2 aromatic heterocycles. The third-order valence-corrected chi connectivity index (χ3v) is 5.39. The lowest BCUT2D eigenvalue weighted by Crippen LogP contribution is -2.40. The van der Waals surface area contributed by atoms with Crippen LogP contribution in [-0.4, -0.2) is 75.0 Å². The number of nitrogens with zero attached hydrogens (tertiary/aromatic N) is 6. The van der Waals surface area contributed by atoms with Crippen LogP contribution in [0.5, 0.6) is 0 Å². The summed E-state index contributed by atoms with van der Waals surface area (Å²) in [6.45, 7) is 7.32. The van der Waals surface area contributed by atoms with E-state index in [4.69, 9.17) is 9.26 Å². The second-order valence-corrected chi connectivity index (χ2v) is 7.34. The molecule has 27 heavy (non-hydrogen) atoms. The van der Waals surface area contributed by atoms with Crippen molar-refractivity contribution in [3.8, 4) is 0 Å². The summed E-state index contributed by atoms with van der Waals surface area (Å²) in [5.74, 6) is 2.67. The van der Waals surface area contributed by atoms with Gasteiger partial charge in [-0.15, -0.1) is 10.2 Å². The highest BCUT2D eigenvalue weighted by Crippen LogP contribution is 2.27. The first kappa shape index (κ1) is 18.1. The number of ether oxygens (including phenoxy) is 1. The zero-order valence-corrected chi connectivity index (χ0v) is 15.9. The fourth-order valence-electron chi connectivity index (χ4n) is 3.83. The SMILES string of the molecule is Cc1cc(C(=O)N2CCC[C@@H](c3nnc(CN4CCOCC4)n3C)C2)no1. The number of morpholine rings is 1. The highest BCUT2D eigenvalue weighted by molar-refractivity contribution is 5.92. The number of amides is 1. The van der Waals surface area contributed by atoms with Crippen molar-refractivity contribution < 1.29 is 14.1 Å². The van der Waals surface area contributed by atoms with Crippen LogP contribution >= 0.6 is 0 Å². The third-order valence-electron chi connectivity index (χ3n) is 5.39. The average Bonchev–Trinajstić information content (AvgIpc) is 3.28. The van der Waals surface area contributed by atoms with Crippen LogP contribution in [0, 0.1) is 6.92 Å². The quantitative estimate of drug-likeness (QED) is 0.787. The Morgan fingerprint density at radius 3 is 2.81 bits per heavy atom. The van der Waals surface area contributed by atoms with E-state index in [-0.39, 0.29) is 11.8 Å². The van der Waals surface area contributed by atoms with Gasteiger partial charge in [-0.3, -0.25) is 9.69 Å². The summed E-state index contributed by atoms with van der Waals surface area (Å²) >= 11 is 0. The van der Waals surface area contributed by atoms with Gasteiger partial charge in [0, 0.05) is 45.2 Å². The molecule has 1 atom stereocenters. The van der Waals surface area contributed by atoms with Gasteiger partial charge < -0.3 is 18.7 Å². The molecule has 2 fully saturated rings. The van der Waals surface area contributed by atoms with Gasteiger partial charge in [-0.05, 0) is 19.8 Å². The summed E-state index contributed by atoms with van der Waals surface area (Å²) in [6, 6.07) is 1.69. The molecule has 2 aliphatic rings. The lowest BCUT2D eigenvalue weighted by atomic mass is 9.97. The Balaban J connectivity index is 1.44. The molecule has 0 spiro atoms. The molecule has 2 aliphatic heterocycles. The van der Waals surface area contributed by atoms with E-state index in [1.54, 1.807) is 13.0 Å². The summed E-state index contributed by atoms with van der Waals surface area (Å²) in [4.78, 5) is 16.9. The first-order valence-corrected chi connectivity index (χ1v) is 9.52. The smallest absolute Gasteiger partial charge is 0.276 e. The molecule has 146 valence electrons. The van der Waals surface area contributed by atoms with Gasteiger partial charge in [-0.25, -0.2) is 0 Å². The Kier molecular flexibility index (Phi) is 5.22. The maximum Gasteiger partial charge on any atom is 0.276 e. The highest BCUT2D eigenvalue weighted by atomic mass is 16.5. The van der Waals surface area contributed by atoms with Gasteiger partial charge in [-0.1, -0.05) is 5.16 Å². The van der Waals surface area contributed by atoms with Gasteiger partial charge in [0.1, 0.15) is 17.4 Å². The van der Waals surface area contributed by atoms with Gasteiger partial charge in [0.05, 0.1) is 19.8 Å². The zero-order valence-electron chi connectivity index (χ0n) is 15.9. The summed E-state index contributed by atoms with van der Waals surface area (Å²) in [6.07, 6.45) is 1.95. The second-order valence-electron chi connectivity index (χ2n) is 7.34. The van der Waals surface area contributed by atoms with Crippen LogP contribution in [0.15, 0.2) is 10.6 Å². The zero-order chi connectivity index (χ0) is 18.8. The second kappa shape index (κ2) is 7.77. The molecule has 4 rings (SSSR count). The standard InChI is InChI=1S/C18H26N6O3/c1-13-10-15(21-27-13)18(25)24-5-3-4-14(11-24)17-20-19-16(22(17)2)12-23-6-8-26-9-7-23/h10,14H,3-9,11-12H2,1-2H3/t14-/m1/s1. The molecule has 0 unspecified atom stereocenters. The lowest BCUT2D eigenvalue weighted by molar-refractivity contribution is 0.0326. The molecule has 1 amide bonds. The molecular weight excluding hydrogens is 348 g/mol. The van der Waals surface area contributed by atoms with Crippen molar-refractivity contribution in [3.05, 3.63) is 29.2 Å². The molecular formula is C18H26N6O3. The van der Waals surface area contributed by atoms with Gasteiger partial charge >= 0.3 is 0 Å². The predicted molar refractivity (Wildman–Crippen MR) is 96.2 cm³/mol. The maximum absolute atomic E-state index is 12.7. The van der Waals surface area contributed by atoms with E-state index in [2.05, 4.69) is 24.8 Å². The monoisotopic (exact) mass is 374 g/mol. The van der Waals surface area contributed by atoms with Crippen molar-refractivity contribution in [1.82, 2.24) is 29.7 Å². The Bertz CT molecular complexity index is 795. The Labute approximate surface area is 158 Å². The van der Waals surface area contributed by atoms with Crippen molar-refractivity contribution >= 4 is 5.91 Å². The van der Waals surface area contributed by atoms with Crippen LogP contribution in [0.1, 0.15) is 46.7 Å². The molecule has 2 aromatic rings. The average molecular weight is 374 g/mol. The Hall–Kier alpha value is -2.26. The van der Waals surface area contributed by atoms with E-state index >= 15 is 0 Å². The summed E-state index contributed by atoms with van der Waals surface area (Å²) < 4.78 is 12.5. The molecule has 9 nitrogen and oxygen atoms in total. The van der Waals surface area contributed by atoms with E-state index < -0.39 is 0 Å². The van der Waals surface area contributed by atoms with Crippen molar-refractivity contribution in [2.24, 2.45) is 7.05 Å². The summed E-state index contributed by atoms with van der Waals surface area (Å²) in [7, 11) is 2.02. The molecule has 4 heterocycles. The summed E-state index contributed by atoms with van der Waals surface area (Å²) in [5.41, 5.74) is 0.374. The normalized spacial score (nSPS) is 21.6. The topological polar surface area (TPSA) is 89.5 Å². The minimum Gasteiger partial charge on any atom is -0.379 e. The van der Waals surface area contributed by atoms with Crippen molar-refractivity contribution in [2.45, 2.75) is 32.2 Å². The van der Waals surface area contributed by atoms with Crippen LogP contribution in [0.3, 0.4) is 0 Å². The number of carbonyl (C=O) groups excluding carboxylic acids is 1. The molecule has 9 heteroatoms. The molecule has 2 saturated heterocycles. The number of aryl methyl sites for hydroxylation is 1. The van der Waals surface area contributed by atoms with Crippen LogP contribution in [0.4, 0.5) is 0 Å². The number of hydrogen-bond acceptors (Lipinski definition) is 7. The van der Waals surface area contributed by atoms with Crippen LogP contribution < -0.4 is 0 Å². The van der Waals surface area contributed by atoms with Crippen molar-refractivity contribution in [1.29, 1.82) is 0 Å². The van der Waals surface area contributed by atoms with Crippen molar-refractivity contribution in [3.63, 3.8) is 0 Å². The predicted octanol–water partition coefficient (Wildman–Crippen LogP) is 0.964. The minimum atomic E-state index is -0.0766. The van der Waals surface area contributed by atoms with Gasteiger partial charge in [-0.2, -0.15) is 0 Å². The molecule has 0 bridgehead atoms. The van der Waals surface area contributed by atoms with E-state index in [0.717, 1.165) is 63.9 Å².